The Morgan fingerprint density at radius 2 is 1.80 bits per heavy atom. The van der Waals surface area contributed by atoms with Crippen molar-refractivity contribution in [2.45, 2.75) is 12.1 Å². The predicted molar refractivity (Wildman–Crippen MR) is 30.8 cm³/mol. The third-order valence-electron chi connectivity index (χ3n) is 0.917. The van der Waals surface area contributed by atoms with Gasteiger partial charge in [-0.3, -0.25) is 9.59 Å². The van der Waals surface area contributed by atoms with Crippen molar-refractivity contribution in [2.75, 3.05) is 0 Å². The van der Waals surface area contributed by atoms with Gasteiger partial charge < -0.3 is 21.7 Å². The molecule has 0 bridgehead atoms. The zero-order chi connectivity index (χ0) is 8.31. The largest absolute Gasteiger partial charge is 0.480 e. The first-order valence-corrected chi connectivity index (χ1v) is 2.42. The predicted octanol–water partition coefficient (Wildman–Crippen LogP) is -2.76. The molecule has 0 fully saturated rings. The van der Waals surface area contributed by atoms with Gasteiger partial charge in [0.25, 0.3) is 0 Å². The Hall–Kier alpha value is -1.14. The highest BCUT2D eigenvalue weighted by Gasteiger charge is 2.26. The molecular formula is C4H8N2O4. The fourth-order valence-electron chi connectivity index (χ4n) is 0.312. The molecule has 6 nitrogen and oxygen atoms in total. The Morgan fingerprint density at radius 3 is 1.90 bits per heavy atom. The summed E-state index contributed by atoms with van der Waals surface area (Å²) in [5, 5.41) is 16.7. The van der Waals surface area contributed by atoms with Gasteiger partial charge in [-0.25, -0.2) is 0 Å². The summed E-state index contributed by atoms with van der Waals surface area (Å²) >= 11 is 0. The summed E-state index contributed by atoms with van der Waals surface area (Å²) < 4.78 is 0. The van der Waals surface area contributed by atoms with Crippen molar-refractivity contribution >= 4 is 11.9 Å². The van der Waals surface area contributed by atoms with Gasteiger partial charge in [-0.15, -0.1) is 0 Å². The van der Waals surface area contributed by atoms with Crippen LogP contribution in [0.3, 0.4) is 0 Å². The van der Waals surface area contributed by atoms with Crippen LogP contribution in [-0.2, 0) is 9.59 Å². The van der Waals surface area contributed by atoms with Gasteiger partial charge in [-0.2, -0.15) is 0 Å². The van der Waals surface area contributed by atoms with E-state index < -0.39 is 24.0 Å². The highest BCUT2D eigenvalue weighted by atomic mass is 16.4. The van der Waals surface area contributed by atoms with Crippen molar-refractivity contribution in [2.24, 2.45) is 11.5 Å². The zero-order valence-electron chi connectivity index (χ0n) is 5.02. The van der Waals surface area contributed by atoms with Crippen LogP contribution in [0.5, 0.6) is 0 Å². The van der Waals surface area contributed by atoms with Gasteiger partial charge in [0.15, 0.2) is 6.10 Å². The number of aliphatic hydroxyl groups is 1. The first-order valence-electron chi connectivity index (χ1n) is 2.42. The number of carbonyl (C=O) groups excluding carboxylic acids is 1. The Kier molecular flexibility index (Phi) is 2.78. The molecular weight excluding hydrogens is 140 g/mol. The number of aliphatic hydroxyl groups excluding tert-OH is 1. The van der Waals surface area contributed by atoms with Crippen LogP contribution in [0.2, 0.25) is 0 Å². The molecule has 0 spiro atoms. The number of rotatable bonds is 3. The van der Waals surface area contributed by atoms with Crippen molar-refractivity contribution < 1.29 is 19.8 Å². The molecule has 0 heterocycles. The maximum Gasteiger partial charge on any atom is 0.323 e. The lowest BCUT2D eigenvalue weighted by Gasteiger charge is -2.09. The van der Waals surface area contributed by atoms with Crippen LogP contribution < -0.4 is 11.5 Å². The molecule has 6 N–H and O–H groups in total. The second kappa shape index (κ2) is 3.14. The van der Waals surface area contributed by atoms with Crippen molar-refractivity contribution in [3.8, 4) is 0 Å². The van der Waals surface area contributed by atoms with Crippen LogP contribution in [-0.4, -0.2) is 34.2 Å². The number of aliphatic carboxylic acids is 1. The summed E-state index contributed by atoms with van der Waals surface area (Å²) in [4.78, 5) is 20.0. The van der Waals surface area contributed by atoms with Gasteiger partial charge in [0.05, 0.1) is 0 Å². The van der Waals surface area contributed by atoms with E-state index in [0.717, 1.165) is 0 Å². The lowest BCUT2D eigenvalue weighted by Crippen LogP contribution is -2.48. The average Bonchev–Trinajstić information content (AvgIpc) is 1.84. The van der Waals surface area contributed by atoms with Gasteiger partial charge in [0.2, 0.25) is 5.91 Å². The van der Waals surface area contributed by atoms with Crippen LogP contribution in [0, 0.1) is 0 Å². The number of carboxylic acid groups (broad SMARTS) is 1. The van der Waals surface area contributed by atoms with E-state index in [4.69, 9.17) is 15.9 Å². The molecule has 6 heteroatoms. The molecule has 0 unspecified atom stereocenters. The molecule has 0 saturated carbocycles. The van der Waals surface area contributed by atoms with Crippen LogP contribution >= 0.6 is 0 Å². The fraction of sp³-hybridized carbons (Fsp3) is 0.500. The van der Waals surface area contributed by atoms with Crippen molar-refractivity contribution in [1.82, 2.24) is 0 Å². The second-order valence-electron chi connectivity index (χ2n) is 1.71. The maximum absolute atomic E-state index is 10.1. The standard InChI is InChI=1S/C4H8N2O4/c5-1(4(9)10)2(7)3(6)8/h1-2,7H,5H2,(H2,6,8)(H,9,10)/t1-,2+/m1/s1. The normalized spacial score (nSPS) is 15.8. The number of hydrogen-bond acceptors (Lipinski definition) is 4. The molecule has 0 aliphatic carbocycles. The number of carbonyl (C=O) groups is 2. The lowest BCUT2D eigenvalue weighted by molar-refractivity contribution is -0.145. The molecule has 0 aliphatic rings. The van der Waals surface area contributed by atoms with E-state index in [2.05, 4.69) is 5.73 Å². The van der Waals surface area contributed by atoms with E-state index in [1.807, 2.05) is 0 Å². The minimum Gasteiger partial charge on any atom is -0.480 e. The van der Waals surface area contributed by atoms with E-state index in [1.54, 1.807) is 0 Å². The number of primary amides is 1. The lowest BCUT2D eigenvalue weighted by atomic mass is 10.2. The summed E-state index contributed by atoms with van der Waals surface area (Å²) in [5.41, 5.74) is 9.35. The summed E-state index contributed by atoms with van der Waals surface area (Å²) in [6.45, 7) is 0. The van der Waals surface area contributed by atoms with E-state index in [1.165, 1.54) is 0 Å². The molecule has 0 rings (SSSR count). The Labute approximate surface area is 56.4 Å². The van der Waals surface area contributed by atoms with Gasteiger partial charge in [0.1, 0.15) is 6.04 Å². The number of hydrogen-bond donors (Lipinski definition) is 4. The Morgan fingerprint density at radius 1 is 1.40 bits per heavy atom. The summed E-state index contributed by atoms with van der Waals surface area (Å²) in [6, 6.07) is -1.64. The molecule has 1 amide bonds. The molecule has 0 aromatic rings. The van der Waals surface area contributed by atoms with E-state index >= 15 is 0 Å². The molecule has 0 aromatic carbocycles. The van der Waals surface area contributed by atoms with Crippen LogP contribution in [0.15, 0.2) is 0 Å². The van der Waals surface area contributed by atoms with E-state index in [0.29, 0.717) is 0 Å². The average molecular weight is 148 g/mol. The summed E-state index contributed by atoms with van der Waals surface area (Å²) in [5.74, 6) is -2.61. The van der Waals surface area contributed by atoms with Gasteiger partial charge in [0, 0.05) is 0 Å². The third kappa shape index (κ3) is 2.00. The summed E-state index contributed by atoms with van der Waals surface area (Å²) in [6.07, 6.45) is -1.82. The topological polar surface area (TPSA) is 127 Å². The molecule has 10 heavy (non-hydrogen) atoms. The first kappa shape index (κ1) is 8.86. The van der Waals surface area contributed by atoms with E-state index in [-0.39, 0.29) is 0 Å². The van der Waals surface area contributed by atoms with Crippen LogP contribution in [0.25, 0.3) is 0 Å². The van der Waals surface area contributed by atoms with Crippen molar-refractivity contribution in [1.29, 1.82) is 0 Å². The molecule has 0 aliphatic heterocycles. The first-order chi connectivity index (χ1) is 4.46. The van der Waals surface area contributed by atoms with Crippen molar-refractivity contribution in [3.63, 3.8) is 0 Å². The Balaban J connectivity index is 4.07. The van der Waals surface area contributed by atoms with Crippen LogP contribution in [0.1, 0.15) is 0 Å². The number of nitrogens with two attached hydrogens (primary N) is 2. The minimum absolute atomic E-state index is 1.14. The summed E-state index contributed by atoms with van der Waals surface area (Å²) in [7, 11) is 0. The number of carboxylic acids is 1. The quantitative estimate of drug-likeness (QED) is 0.345. The monoisotopic (exact) mass is 148 g/mol. The molecule has 0 saturated heterocycles. The smallest absolute Gasteiger partial charge is 0.323 e. The van der Waals surface area contributed by atoms with Gasteiger partial charge >= 0.3 is 5.97 Å². The highest BCUT2D eigenvalue weighted by molar-refractivity contribution is 5.87. The fourth-order valence-corrected chi connectivity index (χ4v) is 0.312. The SMILES string of the molecule is NC(=O)[C@@H](O)[C@@H](N)C(=O)O. The van der Waals surface area contributed by atoms with Gasteiger partial charge in [-0.05, 0) is 0 Å². The third-order valence-corrected chi connectivity index (χ3v) is 0.917. The molecule has 58 valence electrons. The van der Waals surface area contributed by atoms with E-state index in [9.17, 15) is 9.59 Å². The minimum atomic E-state index is -1.82. The molecule has 0 radical (unpaired) electrons. The highest BCUT2D eigenvalue weighted by Crippen LogP contribution is 1.87. The maximum atomic E-state index is 10.1. The molecule has 2 atom stereocenters. The zero-order valence-corrected chi connectivity index (χ0v) is 5.02. The van der Waals surface area contributed by atoms with Crippen molar-refractivity contribution in [3.05, 3.63) is 0 Å². The molecule has 0 aromatic heterocycles. The second-order valence-corrected chi connectivity index (χ2v) is 1.71. The number of amides is 1. The van der Waals surface area contributed by atoms with Crippen LogP contribution in [0.4, 0.5) is 0 Å². The van der Waals surface area contributed by atoms with Gasteiger partial charge in [-0.1, -0.05) is 0 Å². The Bertz CT molecular complexity index is 139.